The first-order valence-corrected chi connectivity index (χ1v) is 4.56. The molecule has 0 saturated carbocycles. The highest BCUT2D eigenvalue weighted by atomic mass is 79.9. The number of rotatable bonds is 1. The molecular formula is C6H5BrN4O2S. The maximum atomic E-state index is 10.2. The Kier molecular flexibility index (Phi) is 3.72. The third-order valence-corrected chi connectivity index (χ3v) is 1.70. The van der Waals surface area contributed by atoms with Gasteiger partial charge in [0.15, 0.2) is 10.9 Å². The van der Waals surface area contributed by atoms with Crippen molar-refractivity contribution in [3.63, 3.8) is 0 Å². The Balaban J connectivity index is 2.56. The molecule has 1 aromatic heterocycles. The molecule has 0 spiro atoms. The van der Waals surface area contributed by atoms with Crippen LogP contribution in [0.4, 0.5) is 10.6 Å². The van der Waals surface area contributed by atoms with Crippen molar-refractivity contribution in [2.45, 2.75) is 0 Å². The van der Waals surface area contributed by atoms with Gasteiger partial charge in [-0.1, -0.05) is 0 Å². The summed E-state index contributed by atoms with van der Waals surface area (Å²) in [5.41, 5.74) is 0. The molecule has 8 heteroatoms. The summed E-state index contributed by atoms with van der Waals surface area (Å²) in [6, 6.07) is 0. The van der Waals surface area contributed by atoms with Crippen molar-refractivity contribution >= 4 is 45.2 Å². The molecule has 0 aliphatic carbocycles. The predicted octanol–water partition coefficient (Wildman–Crippen LogP) is 1.20. The summed E-state index contributed by atoms with van der Waals surface area (Å²) in [4.78, 5) is 17.9. The van der Waals surface area contributed by atoms with E-state index in [9.17, 15) is 4.79 Å². The van der Waals surface area contributed by atoms with E-state index < -0.39 is 6.09 Å². The number of thiocarbonyl (C=S) groups is 1. The second-order valence-corrected chi connectivity index (χ2v) is 3.33. The van der Waals surface area contributed by atoms with E-state index in [2.05, 4.69) is 43.4 Å². The van der Waals surface area contributed by atoms with Crippen LogP contribution in [0.3, 0.4) is 0 Å². The minimum atomic E-state index is -1.23. The zero-order chi connectivity index (χ0) is 10.6. The maximum absolute atomic E-state index is 10.2. The molecule has 0 aliphatic rings. The van der Waals surface area contributed by atoms with Crippen LogP contribution in [-0.4, -0.2) is 26.3 Å². The fourth-order valence-corrected chi connectivity index (χ4v) is 1.02. The molecule has 1 heterocycles. The van der Waals surface area contributed by atoms with Crippen molar-refractivity contribution in [3.05, 3.63) is 17.0 Å². The number of nitrogens with zero attached hydrogens (tertiary/aromatic N) is 2. The van der Waals surface area contributed by atoms with Crippen LogP contribution in [0.1, 0.15) is 0 Å². The largest absolute Gasteiger partial charge is 0.465 e. The number of anilines is 1. The molecule has 3 N–H and O–H groups in total. The van der Waals surface area contributed by atoms with E-state index >= 15 is 0 Å². The highest BCUT2D eigenvalue weighted by molar-refractivity contribution is 9.10. The maximum Gasteiger partial charge on any atom is 0.410 e. The van der Waals surface area contributed by atoms with Gasteiger partial charge in [-0.15, -0.1) is 0 Å². The third-order valence-electron chi connectivity index (χ3n) is 1.08. The van der Waals surface area contributed by atoms with E-state index in [1.165, 1.54) is 12.4 Å². The third kappa shape index (κ3) is 3.62. The van der Waals surface area contributed by atoms with Gasteiger partial charge in [0.2, 0.25) is 0 Å². The molecule has 0 bridgehead atoms. The molecule has 1 amide bonds. The van der Waals surface area contributed by atoms with Gasteiger partial charge in [0.05, 0.1) is 12.4 Å². The quantitative estimate of drug-likeness (QED) is 0.669. The summed E-state index contributed by atoms with van der Waals surface area (Å²) < 4.78 is 0.583. The molecule has 0 aliphatic heterocycles. The summed E-state index contributed by atoms with van der Waals surface area (Å²) in [6.45, 7) is 0. The predicted molar refractivity (Wildman–Crippen MR) is 57.1 cm³/mol. The Bertz CT molecular complexity index is 355. The van der Waals surface area contributed by atoms with Crippen molar-refractivity contribution in [3.8, 4) is 0 Å². The van der Waals surface area contributed by atoms with Gasteiger partial charge in [-0.2, -0.15) is 0 Å². The van der Waals surface area contributed by atoms with Crippen molar-refractivity contribution in [2.75, 3.05) is 5.32 Å². The minimum Gasteiger partial charge on any atom is -0.465 e. The SMILES string of the molecule is O=C(O)NC(=S)Nc1cnc(Br)cn1. The first-order chi connectivity index (χ1) is 6.58. The number of amides is 1. The molecule has 74 valence electrons. The van der Waals surface area contributed by atoms with Crippen LogP contribution >= 0.6 is 28.1 Å². The molecule has 0 saturated heterocycles. The molecule has 0 atom stereocenters. The standard InChI is InChI=1S/C6H5BrN4O2S/c7-3-1-9-4(2-8-3)10-5(14)11-6(12)13/h1-2H,(H,12,13)(H2,9,10,11,14). The molecule has 6 nitrogen and oxygen atoms in total. The summed E-state index contributed by atoms with van der Waals surface area (Å²) in [6.07, 6.45) is 1.65. The number of carbonyl (C=O) groups is 1. The average molecular weight is 277 g/mol. The van der Waals surface area contributed by atoms with Gasteiger partial charge in [-0.25, -0.2) is 14.8 Å². The van der Waals surface area contributed by atoms with Crippen LogP contribution in [0.2, 0.25) is 0 Å². The first kappa shape index (κ1) is 10.8. The van der Waals surface area contributed by atoms with Crippen LogP contribution in [0.25, 0.3) is 0 Å². The Hall–Kier alpha value is -1.28. The first-order valence-electron chi connectivity index (χ1n) is 3.36. The van der Waals surface area contributed by atoms with Crippen molar-refractivity contribution in [2.24, 2.45) is 0 Å². The molecule has 0 fully saturated rings. The second-order valence-electron chi connectivity index (χ2n) is 2.11. The summed E-state index contributed by atoms with van der Waals surface area (Å²) in [5.74, 6) is 0.368. The molecule has 1 rings (SSSR count). The normalized spacial score (nSPS) is 9.21. The fourth-order valence-electron chi connectivity index (χ4n) is 0.622. The van der Waals surface area contributed by atoms with Gasteiger partial charge in [0.25, 0.3) is 0 Å². The van der Waals surface area contributed by atoms with E-state index in [0.717, 1.165) is 0 Å². The number of hydrogen-bond acceptors (Lipinski definition) is 4. The summed E-state index contributed by atoms with van der Waals surface area (Å²) in [7, 11) is 0. The van der Waals surface area contributed by atoms with Crippen LogP contribution in [0.5, 0.6) is 0 Å². The van der Waals surface area contributed by atoms with Gasteiger partial charge in [-0.3, -0.25) is 5.32 Å². The number of hydrogen-bond donors (Lipinski definition) is 3. The van der Waals surface area contributed by atoms with E-state index in [1.807, 2.05) is 5.32 Å². The molecule has 1 aromatic rings. The van der Waals surface area contributed by atoms with Gasteiger partial charge < -0.3 is 10.4 Å². The zero-order valence-corrected chi connectivity index (χ0v) is 9.09. The highest BCUT2D eigenvalue weighted by Gasteiger charge is 2.02. The number of nitrogens with one attached hydrogen (secondary N) is 2. The number of halogens is 1. The Labute approximate surface area is 92.9 Å². The van der Waals surface area contributed by atoms with Gasteiger partial charge in [0.1, 0.15) is 4.60 Å². The average Bonchev–Trinajstić information content (AvgIpc) is 2.07. The second kappa shape index (κ2) is 4.82. The van der Waals surface area contributed by atoms with Gasteiger partial charge in [-0.05, 0) is 28.1 Å². The van der Waals surface area contributed by atoms with Crippen molar-refractivity contribution in [1.29, 1.82) is 0 Å². The minimum absolute atomic E-state index is 0.0471. The van der Waals surface area contributed by atoms with Crippen LogP contribution in [0, 0.1) is 0 Å². The van der Waals surface area contributed by atoms with E-state index in [0.29, 0.717) is 10.4 Å². The fraction of sp³-hybridized carbons (Fsp3) is 0. The molecule has 0 aromatic carbocycles. The van der Waals surface area contributed by atoms with E-state index in [1.54, 1.807) is 0 Å². The Morgan fingerprint density at radius 2 is 2.21 bits per heavy atom. The number of aromatic nitrogens is 2. The Morgan fingerprint density at radius 1 is 1.50 bits per heavy atom. The van der Waals surface area contributed by atoms with Crippen molar-refractivity contribution < 1.29 is 9.90 Å². The monoisotopic (exact) mass is 276 g/mol. The number of carboxylic acid groups (broad SMARTS) is 1. The van der Waals surface area contributed by atoms with Crippen LogP contribution in [-0.2, 0) is 0 Å². The van der Waals surface area contributed by atoms with Crippen LogP contribution < -0.4 is 10.6 Å². The molecule has 0 radical (unpaired) electrons. The van der Waals surface area contributed by atoms with Gasteiger partial charge in [0, 0.05) is 0 Å². The Morgan fingerprint density at radius 3 is 2.71 bits per heavy atom. The lowest BCUT2D eigenvalue weighted by Crippen LogP contribution is -2.32. The lowest BCUT2D eigenvalue weighted by molar-refractivity contribution is 0.200. The topological polar surface area (TPSA) is 87.1 Å². The molecule has 14 heavy (non-hydrogen) atoms. The van der Waals surface area contributed by atoms with E-state index in [-0.39, 0.29) is 5.11 Å². The zero-order valence-electron chi connectivity index (χ0n) is 6.69. The molecular weight excluding hydrogens is 272 g/mol. The van der Waals surface area contributed by atoms with Crippen LogP contribution in [0.15, 0.2) is 17.0 Å². The summed E-state index contributed by atoms with van der Waals surface area (Å²) in [5, 5.41) is 12.8. The van der Waals surface area contributed by atoms with E-state index in [4.69, 9.17) is 5.11 Å². The van der Waals surface area contributed by atoms with Gasteiger partial charge >= 0.3 is 6.09 Å². The smallest absolute Gasteiger partial charge is 0.410 e. The highest BCUT2D eigenvalue weighted by Crippen LogP contribution is 2.05. The van der Waals surface area contributed by atoms with Crippen molar-refractivity contribution in [1.82, 2.24) is 15.3 Å². The molecule has 0 unspecified atom stereocenters. The summed E-state index contributed by atoms with van der Waals surface area (Å²) >= 11 is 7.77. The lowest BCUT2D eigenvalue weighted by Gasteiger charge is -2.04. The lowest BCUT2D eigenvalue weighted by atomic mass is 10.6.